The van der Waals surface area contributed by atoms with Gasteiger partial charge in [0.05, 0.1) is 30.1 Å². The highest BCUT2D eigenvalue weighted by Gasteiger charge is 2.31. The fraction of sp³-hybridized carbons (Fsp3) is 0.458. The monoisotopic (exact) mass is 392 g/mol. The smallest absolute Gasteiger partial charge is 0.143 e. The first-order valence-corrected chi connectivity index (χ1v) is 10.6. The number of para-hydroxylation sites is 3. The number of amidine groups is 1. The lowest BCUT2D eigenvalue weighted by Crippen LogP contribution is -2.54. The summed E-state index contributed by atoms with van der Waals surface area (Å²) in [6.07, 6.45) is 0.128. The van der Waals surface area contributed by atoms with Gasteiger partial charge in [0.25, 0.3) is 0 Å². The van der Waals surface area contributed by atoms with Gasteiger partial charge in [0.1, 0.15) is 11.6 Å². The van der Waals surface area contributed by atoms with Crippen LogP contribution in [-0.4, -0.2) is 61.0 Å². The summed E-state index contributed by atoms with van der Waals surface area (Å²) in [6, 6.07) is 17.1. The van der Waals surface area contributed by atoms with Crippen LogP contribution in [0.3, 0.4) is 0 Å². The molecular weight excluding hydrogens is 360 g/mol. The van der Waals surface area contributed by atoms with Gasteiger partial charge in [-0.15, -0.1) is 0 Å². The van der Waals surface area contributed by atoms with Crippen molar-refractivity contribution in [2.75, 3.05) is 38.1 Å². The van der Waals surface area contributed by atoms with Crippen molar-refractivity contribution in [3.05, 3.63) is 54.1 Å². The number of benzene rings is 2. The van der Waals surface area contributed by atoms with Crippen molar-refractivity contribution in [1.29, 1.82) is 0 Å². The van der Waals surface area contributed by atoms with E-state index in [4.69, 9.17) is 9.73 Å². The zero-order valence-corrected chi connectivity index (χ0v) is 18.0. The summed E-state index contributed by atoms with van der Waals surface area (Å²) in [7, 11) is 2.20. The number of ether oxygens (including phenoxy) is 1. The van der Waals surface area contributed by atoms with E-state index in [1.807, 2.05) is 6.07 Å². The summed E-state index contributed by atoms with van der Waals surface area (Å²) in [4.78, 5) is 12.4. The van der Waals surface area contributed by atoms with Crippen LogP contribution in [-0.2, 0) is 6.54 Å². The Morgan fingerprint density at radius 2 is 1.59 bits per heavy atom. The van der Waals surface area contributed by atoms with Gasteiger partial charge in [-0.05, 0) is 51.6 Å². The molecule has 2 aliphatic rings. The lowest BCUT2D eigenvalue weighted by molar-refractivity contribution is 0.142. The zero-order valence-electron chi connectivity index (χ0n) is 18.0. The SMILES string of the molecule is CC(C)Oc1ccccc1N1Cc2ccccc2N=C1C(C)N1CCN(C)CC1. The average molecular weight is 393 g/mol. The van der Waals surface area contributed by atoms with Crippen LogP contribution in [0.4, 0.5) is 11.4 Å². The predicted octanol–water partition coefficient (Wildman–Crippen LogP) is 4.16. The first-order chi connectivity index (χ1) is 14.0. The molecule has 0 saturated carbocycles. The zero-order chi connectivity index (χ0) is 20.4. The molecule has 0 aromatic heterocycles. The van der Waals surface area contributed by atoms with Crippen molar-refractivity contribution in [3.63, 3.8) is 0 Å². The van der Waals surface area contributed by atoms with Gasteiger partial charge in [-0.2, -0.15) is 0 Å². The largest absolute Gasteiger partial charge is 0.489 e. The molecule has 2 aliphatic heterocycles. The van der Waals surface area contributed by atoms with Gasteiger partial charge in [-0.25, -0.2) is 4.99 Å². The molecule has 2 aromatic carbocycles. The third kappa shape index (κ3) is 4.31. The van der Waals surface area contributed by atoms with Crippen LogP contribution in [0.25, 0.3) is 0 Å². The molecule has 5 nitrogen and oxygen atoms in total. The molecule has 5 heteroatoms. The standard InChI is InChI=1S/C24H32N4O/c1-18(2)29-23-12-8-7-11-22(23)28-17-20-9-5-6-10-21(20)25-24(28)19(3)27-15-13-26(4)14-16-27/h5-12,18-19H,13-17H2,1-4H3. The summed E-state index contributed by atoms with van der Waals surface area (Å²) in [5.41, 5.74) is 3.43. The summed E-state index contributed by atoms with van der Waals surface area (Å²) < 4.78 is 6.16. The highest BCUT2D eigenvalue weighted by Crippen LogP contribution is 2.36. The molecule has 154 valence electrons. The Morgan fingerprint density at radius 1 is 0.897 bits per heavy atom. The molecule has 1 atom stereocenters. The van der Waals surface area contributed by atoms with Crippen molar-refractivity contribution < 1.29 is 4.74 Å². The van der Waals surface area contributed by atoms with E-state index in [-0.39, 0.29) is 12.1 Å². The molecular formula is C24H32N4O. The van der Waals surface area contributed by atoms with Crippen molar-refractivity contribution >= 4 is 17.2 Å². The van der Waals surface area contributed by atoms with Crippen LogP contribution in [0, 0.1) is 0 Å². The molecule has 0 N–H and O–H groups in total. The Morgan fingerprint density at radius 3 is 2.34 bits per heavy atom. The van der Waals surface area contributed by atoms with Gasteiger partial charge in [0, 0.05) is 26.2 Å². The number of fused-ring (bicyclic) bond motifs is 1. The predicted molar refractivity (Wildman–Crippen MR) is 120 cm³/mol. The van der Waals surface area contributed by atoms with Crippen LogP contribution in [0.15, 0.2) is 53.5 Å². The molecule has 0 amide bonds. The van der Waals surface area contributed by atoms with Crippen LogP contribution in [0.2, 0.25) is 0 Å². The fourth-order valence-corrected chi connectivity index (χ4v) is 4.12. The second-order valence-corrected chi connectivity index (χ2v) is 8.33. The van der Waals surface area contributed by atoms with Crippen molar-refractivity contribution in [2.24, 2.45) is 4.99 Å². The van der Waals surface area contributed by atoms with E-state index >= 15 is 0 Å². The average Bonchev–Trinajstić information content (AvgIpc) is 2.73. The molecule has 2 aromatic rings. The lowest BCUT2D eigenvalue weighted by Gasteiger charge is -2.41. The quantitative estimate of drug-likeness (QED) is 0.765. The van der Waals surface area contributed by atoms with Crippen molar-refractivity contribution in [2.45, 2.75) is 39.5 Å². The first kappa shape index (κ1) is 19.9. The normalized spacial score (nSPS) is 19.1. The minimum atomic E-state index is 0.128. The van der Waals surface area contributed by atoms with Gasteiger partial charge < -0.3 is 14.5 Å². The minimum absolute atomic E-state index is 0.128. The summed E-state index contributed by atoms with van der Waals surface area (Å²) in [6.45, 7) is 11.6. The van der Waals surface area contributed by atoms with Gasteiger partial charge >= 0.3 is 0 Å². The van der Waals surface area contributed by atoms with E-state index in [0.717, 1.165) is 55.7 Å². The molecule has 0 bridgehead atoms. The van der Waals surface area contributed by atoms with Gasteiger partial charge in [0.15, 0.2) is 0 Å². The van der Waals surface area contributed by atoms with Gasteiger partial charge in [-0.3, -0.25) is 4.90 Å². The molecule has 1 saturated heterocycles. The second-order valence-electron chi connectivity index (χ2n) is 8.33. The summed E-state index contributed by atoms with van der Waals surface area (Å²) in [5.74, 6) is 2.02. The number of hydrogen-bond acceptors (Lipinski definition) is 5. The van der Waals surface area contributed by atoms with Crippen molar-refractivity contribution in [3.8, 4) is 5.75 Å². The van der Waals surface area contributed by atoms with E-state index in [0.29, 0.717) is 0 Å². The number of nitrogens with zero attached hydrogens (tertiary/aromatic N) is 4. The molecule has 0 spiro atoms. The highest BCUT2D eigenvalue weighted by atomic mass is 16.5. The van der Waals surface area contributed by atoms with Gasteiger partial charge in [-0.1, -0.05) is 30.3 Å². The number of aliphatic imine (C=N–C) groups is 1. The highest BCUT2D eigenvalue weighted by molar-refractivity contribution is 6.05. The number of anilines is 1. The Bertz CT molecular complexity index is 871. The molecule has 4 rings (SSSR count). The van der Waals surface area contributed by atoms with Crippen LogP contribution in [0.1, 0.15) is 26.3 Å². The molecule has 2 heterocycles. The summed E-state index contributed by atoms with van der Waals surface area (Å²) >= 11 is 0. The van der Waals surface area contributed by atoms with E-state index in [9.17, 15) is 0 Å². The van der Waals surface area contributed by atoms with E-state index < -0.39 is 0 Å². The van der Waals surface area contributed by atoms with Gasteiger partial charge in [0.2, 0.25) is 0 Å². The fourth-order valence-electron chi connectivity index (χ4n) is 4.12. The van der Waals surface area contributed by atoms with E-state index in [1.165, 1.54) is 5.56 Å². The number of hydrogen-bond donors (Lipinski definition) is 0. The maximum atomic E-state index is 6.16. The molecule has 1 unspecified atom stereocenters. The Kier molecular flexibility index (Phi) is 5.88. The maximum absolute atomic E-state index is 6.16. The maximum Gasteiger partial charge on any atom is 0.143 e. The van der Waals surface area contributed by atoms with E-state index in [1.54, 1.807) is 0 Å². The Hall–Kier alpha value is -2.37. The molecule has 29 heavy (non-hydrogen) atoms. The van der Waals surface area contributed by atoms with Crippen LogP contribution < -0.4 is 9.64 Å². The topological polar surface area (TPSA) is 31.3 Å². The Balaban J connectivity index is 1.72. The van der Waals surface area contributed by atoms with Crippen molar-refractivity contribution in [1.82, 2.24) is 9.80 Å². The molecule has 1 fully saturated rings. The first-order valence-electron chi connectivity index (χ1n) is 10.6. The van der Waals surface area contributed by atoms with Crippen LogP contribution >= 0.6 is 0 Å². The lowest BCUT2D eigenvalue weighted by atomic mass is 10.1. The molecule has 0 aliphatic carbocycles. The minimum Gasteiger partial charge on any atom is -0.489 e. The number of piperazine rings is 1. The number of rotatable bonds is 5. The molecule has 0 radical (unpaired) electrons. The Labute approximate surface area is 174 Å². The third-order valence-electron chi connectivity index (χ3n) is 5.81. The second kappa shape index (κ2) is 8.56. The third-order valence-corrected chi connectivity index (χ3v) is 5.81. The van der Waals surface area contributed by atoms with Crippen LogP contribution in [0.5, 0.6) is 5.75 Å². The van der Waals surface area contributed by atoms with E-state index in [2.05, 4.69) is 85.0 Å². The summed E-state index contributed by atoms with van der Waals surface area (Å²) in [5, 5.41) is 0. The number of likely N-dealkylation sites (N-methyl/N-ethyl adjacent to an activating group) is 1.